The summed E-state index contributed by atoms with van der Waals surface area (Å²) >= 11 is 0. The molecule has 2 N–H and O–H groups in total. The van der Waals surface area contributed by atoms with Gasteiger partial charge in [-0.15, -0.1) is 12.4 Å². The van der Waals surface area contributed by atoms with E-state index in [1.807, 2.05) is 12.1 Å². The Morgan fingerprint density at radius 2 is 1.81 bits per heavy atom. The highest BCUT2D eigenvalue weighted by Crippen LogP contribution is 2.32. The monoisotopic (exact) mass is 374 g/mol. The van der Waals surface area contributed by atoms with Crippen molar-refractivity contribution in [1.82, 2.24) is 10.6 Å². The first-order chi connectivity index (χ1) is 12.2. The fraction of sp³-hybridized carbons (Fsp3) is 0.476. The van der Waals surface area contributed by atoms with Gasteiger partial charge in [-0.05, 0) is 66.1 Å². The van der Waals surface area contributed by atoms with Gasteiger partial charge in [-0.25, -0.2) is 0 Å². The van der Waals surface area contributed by atoms with E-state index in [4.69, 9.17) is 4.74 Å². The molecule has 140 valence electrons. The van der Waals surface area contributed by atoms with Gasteiger partial charge in [0.1, 0.15) is 5.75 Å². The number of amides is 1. The van der Waals surface area contributed by atoms with Crippen molar-refractivity contribution in [3.8, 4) is 5.75 Å². The summed E-state index contributed by atoms with van der Waals surface area (Å²) in [6, 6.07) is 13.7. The molecule has 0 aliphatic carbocycles. The Labute approximate surface area is 161 Å². The lowest BCUT2D eigenvalue weighted by molar-refractivity contribution is -0.122. The molecule has 4 rings (SSSR count). The molecule has 2 aromatic rings. The first-order valence-corrected chi connectivity index (χ1v) is 9.29. The summed E-state index contributed by atoms with van der Waals surface area (Å²) in [5.41, 5.74) is 1.14. The average molecular weight is 375 g/mol. The van der Waals surface area contributed by atoms with E-state index in [1.54, 1.807) is 7.11 Å². The third-order valence-corrected chi connectivity index (χ3v) is 5.65. The van der Waals surface area contributed by atoms with Gasteiger partial charge in [0.2, 0.25) is 5.91 Å². The Kier molecular flexibility index (Phi) is 6.05. The molecule has 2 heterocycles. The Morgan fingerprint density at radius 3 is 2.54 bits per heavy atom. The van der Waals surface area contributed by atoms with E-state index >= 15 is 0 Å². The normalized spacial score (nSPS) is 24.1. The Morgan fingerprint density at radius 1 is 1.12 bits per heavy atom. The van der Waals surface area contributed by atoms with Gasteiger partial charge in [0, 0.05) is 25.0 Å². The molecule has 2 aromatic carbocycles. The number of methoxy groups -OCH3 is 1. The van der Waals surface area contributed by atoms with Crippen LogP contribution in [0, 0.1) is 5.92 Å². The fourth-order valence-corrected chi connectivity index (χ4v) is 4.39. The standard InChI is InChI=1S/C21H26N2O2.ClH/c1-25-20-7-4-16-8-14(2-3-17(16)12-20)13-22-21(24)11-15-9-18-5-6-19(10-15)23-18;/h2-4,7-8,12,15,18-19,23H,5-6,9-11,13H2,1H3,(H,22,24);1H. The molecule has 2 aliphatic heterocycles. The molecular weight excluding hydrogens is 348 g/mol. The van der Waals surface area contributed by atoms with E-state index in [0.29, 0.717) is 31.0 Å². The van der Waals surface area contributed by atoms with Crippen molar-refractivity contribution in [2.75, 3.05) is 7.11 Å². The summed E-state index contributed by atoms with van der Waals surface area (Å²) in [6.45, 7) is 0.596. The smallest absolute Gasteiger partial charge is 0.220 e. The maximum atomic E-state index is 12.3. The SMILES string of the molecule is COc1ccc2cc(CNC(=O)CC3CC4CCC(C3)N4)ccc2c1.Cl. The van der Waals surface area contributed by atoms with Crippen LogP contribution in [-0.4, -0.2) is 25.1 Å². The summed E-state index contributed by atoms with van der Waals surface area (Å²) in [7, 11) is 1.68. The van der Waals surface area contributed by atoms with E-state index in [9.17, 15) is 4.79 Å². The van der Waals surface area contributed by atoms with E-state index in [-0.39, 0.29) is 18.3 Å². The zero-order valence-corrected chi connectivity index (χ0v) is 16.0. The zero-order valence-electron chi connectivity index (χ0n) is 15.2. The molecule has 2 fully saturated rings. The van der Waals surface area contributed by atoms with Crippen LogP contribution in [0.15, 0.2) is 36.4 Å². The Hall–Kier alpha value is -1.78. The van der Waals surface area contributed by atoms with Gasteiger partial charge in [0.25, 0.3) is 0 Å². The van der Waals surface area contributed by atoms with Crippen LogP contribution in [0.25, 0.3) is 10.8 Å². The molecule has 1 amide bonds. The van der Waals surface area contributed by atoms with Crippen LogP contribution in [0.1, 0.15) is 37.7 Å². The predicted molar refractivity (Wildman–Crippen MR) is 107 cm³/mol. The number of carbonyl (C=O) groups is 1. The van der Waals surface area contributed by atoms with Gasteiger partial charge in [0.15, 0.2) is 0 Å². The van der Waals surface area contributed by atoms with Gasteiger partial charge in [0.05, 0.1) is 7.11 Å². The molecule has 5 heteroatoms. The van der Waals surface area contributed by atoms with Crippen LogP contribution in [0.5, 0.6) is 5.75 Å². The van der Waals surface area contributed by atoms with Crippen LogP contribution < -0.4 is 15.4 Å². The minimum Gasteiger partial charge on any atom is -0.497 e. The second-order valence-electron chi connectivity index (χ2n) is 7.50. The molecule has 2 unspecified atom stereocenters. The number of hydrogen-bond donors (Lipinski definition) is 2. The Bertz CT molecular complexity index is 768. The summed E-state index contributed by atoms with van der Waals surface area (Å²) in [5, 5.41) is 9.06. The third-order valence-electron chi connectivity index (χ3n) is 5.65. The number of nitrogens with one attached hydrogen (secondary N) is 2. The number of fused-ring (bicyclic) bond motifs is 3. The van der Waals surface area contributed by atoms with Crippen molar-refractivity contribution in [2.45, 2.75) is 50.7 Å². The number of rotatable bonds is 5. The molecule has 2 aliphatic rings. The molecular formula is C21H27ClN2O2. The number of halogens is 1. The summed E-state index contributed by atoms with van der Waals surface area (Å²) in [5.74, 6) is 1.59. The van der Waals surface area contributed by atoms with Crippen LogP contribution in [0.2, 0.25) is 0 Å². The zero-order chi connectivity index (χ0) is 17.2. The summed E-state index contributed by atoms with van der Waals surface area (Å²) in [4.78, 5) is 12.3. The third kappa shape index (κ3) is 4.30. The van der Waals surface area contributed by atoms with Crippen molar-refractivity contribution in [3.63, 3.8) is 0 Å². The van der Waals surface area contributed by atoms with Gasteiger partial charge >= 0.3 is 0 Å². The number of piperidine rings is 1. The second kappa shape index (κ2) is 8.28. The molecule has 2 bridgehead atoms. The summed E-state index contributed by atoms with van der Waals surface area (Å²) in [6.07, 6.45) is 5.54. The highest BCUT2D eigenvalue weighted by atomic mass is 35.5. The van der Waals surface area contributed by atoms with Gasteiger partial charge < -0.3 is 15.4 Å². The fourth-order valence-electron chi connectivity index (χ4n) is 4.39. The maximum Gasteiger partial charge on any atom is 0.220 e. The van der Waals surface area contributed by atoms with Crippen molar-refractivity contribution in [3.05, 3.63) is 42.0 Å². The molecule has 0 aromatic heterocycles. The molecule has 4 nitrogen and oxygen atoms in total. The minimum atomic E-state index is 0. The van der Waals surface area contributed by atoms with Crippen molar-refractivity contribution in [1.29, 1.82) is 0 Å². The number of ether oxygens (including phenoxy) is 1. The lowest BCUT2D eigenvalue weighted by Gasteiger charge is -2.28. The molecule has 2 saturated heterocycles. The lowest BCUT2D eigenvalue weighted by Crippen LogP contribution is -2.39. The first kappa shape index (κ1) is 19.0. The average Bonchev–Trinajstić information content (AvgIpc) is 2.97. The van der Waals surface area contributed by atoms with Crippen LogP contribution in [0.3, 0.4) is 0 Å². The van der Waals surface area contributed by atoms with E-state index < -0.39 is 0 Å². The van der Waals surface area contributed by atoms with Crippen molar-refractivity contribution in [2.24, 2.45) is 5.92 Å². The van der Waals surface area contributed by atoms with Crippen molar-refractivity contribution >= 4 is 29.1 Å². The maximum absolute atomic E-state index is 12.3. The predicted octanol–water partition coefficient (Wildman–Crippen LogP) is 3.81. The molecule has 0 spiro atoms. The van der Waals surface area contributed by atoms with E-state index in [0.717, 1.165) is 29.5 Å². The lowest BCUT2D eigenvalue weighted by atomic mass is 9.89. The number of carbonyl (C=O) groups excluding carboxylic acids is 1. The molecule has 0 saturated carbocycles. The largest absolute Gasteiger partial charge is 0.497 e. The number of benzene rings is 2. The topological polar surface area (TPSA) is 50.4 Å². The number of hydrogen-bond acceptors (Lipinski definition) is 3. The first-order valence-electron chi connectivity index (χ1n) is 9.29. The molecule has 2 atom stereocenters. The minimum absolute atomic E-state index is 0. The highest BCUT2D eigenvalue weighted by Gasteiger charge is 2.34. The second-order valence-corrected chi connectivity index (χ2v) is 7.50. The molecule has 0 radical (unpaired) electrons. The van der Waals surface area contributed by atoms with E-state index in [2.05, 4.69) is 34.9 Å². The van der Waals surface area contributed by atoms with Crippen molar-refractivity contribution < 1.29 is 9.53 Å². The van der Waals surface area contributed by atoms with Crippen LogP contribution in [-0.2, 0) is 11.3 Å². The quantitative estimate of drug-likeness (QED) is 0.836. The van der Waals surface area contributed by atoms with Crippen LogP contribution >= 0.6 is 12.4 Å². The Balaban J connectivity index is 0.00000196. The highest BCUT2D eigenvalue weighted by molar-refractivity contribution is 5.85. The van der Waals surface area contributed by atoms with Gasteiger partial charge in [-0.3, -0.25) is 4.79 Å². The summed E-state index contributed by atoms with van der Waals surface area (Å²) < 4.78 is 5.26. The van der Waals surface area contributed by atoms with Gasteiger partial charge in [-0.2, -0.15) is 0 Å². The van der Waals surface area contributed by atoms with Crippen LogP contribution in [0.4, 0.5) is 0 Å². The molecule has 26 heavy (non-hydrogen) atoms. The van der Waals surface area contributed by atoms with E-state index in [1.165, 1.54) is 18.2 Å². The van der Waals surface area contributed by atoms with Gasteiger partial charge in [-0.1, -0.05) is 18.2 Å².